The summed E-state index contributed by atoms with van der Waals surface area (Å²) in [6, 6.07) is 8.07. The van der Waals surface area contributed by atoms with Gasteiger partial charge >= 0.3 is 5.97 Å². The normalized spacial score (nSPS) is 12.9. The zero-order valence-corrected chi connectivity index (χ0v) is 20.4. The van der Waals surface area contributed by atoms with Gasteiger partial charge in [0.25, 0.3) is 21.4 Å². The first-order chi connectivity index (χ1) is 15.7. The van der Waals surface area contributed by atoms with Crippen LogP contribution in [0.25, 0.3) is 0 Å². The van der Waals surface area contributed by atoms with Crippen LogP contribution in [0.5, 0.6) is 0 Å². The number of nitrogens with zero attached hydrogens (tertiary/aromatic N) is 3. The Morgan fingerprint density at radius 1 is 1.06 bits per heavy atom. The third kappa shape index (κ3) is 6.35. The number of sulfonamides is 1. The number of ether oxygens (including phenoxy) is 1. The van der Waals surface area contributed by atoms with E-state index < -0.39 is 53.8 Å². The highest BCUT2D eigenvalue weighted by atomic mass is 32.2. The molecule has 0 aromatic heterocycles. The zero-order chi connectivity index (χ0) is 25.8. The molecule has 184 valence electrons. The summed E-state index contributed by atoms with van der Waals surface area (Å²) in [5, 5.41) is 22.6. The van der Waals surface area contributed by atoms with Crippen molar-refractivity contribution in [2.75, 3.05) is 6.54 Å². The van der Waals surface area contributed by atoms with Crippen LogP contribution in [0, 0.1) is 27.2 Å². The summed E-state index contributed by atoms with van der Waals surface area (Å²) < 4.78 is 33.4. The number of likely N-dealkylation sites (N-methyl/N-ethyl adjacent to an activating group) is 1. The second kappa shape index (κ2) is 10.3. The van der Waals surface area contributed by atoms with Crippen LogP contribution in [0.4, 0.5) is 11.4 Å². The van der Waals surface area contributed by atoms with Crippen LogP contribution >= 0.6 is 0 Å². The van der Waals surface area contributed by atoms with E-state index in [2.05, 4.69) is 0 Å². The number of aryl methyl sites for hydroxylation is 1. The number of esters is 1. The summed E-state index contributed by atoms with van der Waals surface area (Å²) in [5.41, 5.74) is -0.860. The van der Waals surface area contributed by atoms with Gasteiger partial charge in [0.1, 0.15) is 11.6 Å². The van der Waals surface area contributed by atoms with Crippen molar-refractivity contribution in [3.8, 4) is 0 Å². The van der Waals surface area contributed by atoms with Crippen LogP contribution in [0.1, 0.15) is 38.8 Å². The molecule has 0 bridgehead atoms. The van der Waals surface area contributed by atoms with E-state index in [4.69, 9.17) is 4.74 Å². The summed E-state index contributed by atoms with van der Waals surface area (Å²) in [6.07, 6.45) is -0.0386. The SMILES string of the molecule is CCN(C(Cc1ccc(C)cc1)C(=O)OC(C)(C)C)S(=O)(=O)c1ccc([N+](=O)[O-])cc1[N+](=O)[O-]. The Hall–Kier alpha value is -3.38. The number of hydrogen-bond acceptors (Lipinski definition) is 8. The molecule has 12 heteroatoms. The maximum atomic E-state index is 13.6. The van der Waals surface area contributed by atoms with Crippen molar-refractivity contribution in [1.29, 1.82) is 0 Å². The molecular formula is C22H27N3O8S. The fourth-order valence-corrected chi connectivity index (χ4v) is 5.01. The summed E-state index contributed by atoms with van der Waals surface area (Å²) in [5.74, 6) is -0.817. The van der Waals surface area contributed by atoms with Gasteiger partial charge in [0, 0.05) is 12.6 Å². The van der Waals surface area contributed by atoms with Crippen molar-refractivity contribution in [3.05, 3.63) is 73.8 Å². The molecule has 0 aliphatic rings. The maximum absolute atomic E-state index is 13.6. The smallest absolute Gasteiger partial charge is 0.325 e. The van der Waals surface area contributed by atoms with Gasteiger partial charge in [0.15, 0.2) is 4.90 Å². The molecular weight excluding hydrogens is 466 g/mol. The monoisotopic (exact) mass is 493 g/mol. The average molecular weight is 494 g/mol. The van der Waals surface area contributed by atoms with E-state index in [9.17, 15) is 33.4 Å². The highest BCUT2D eigenvalue weighted by molar-refractivity contribution is 7.89. The third-order valence-electron chi connectivity index (χ3n) is 4.82. The number of benzene rings is 2. The molecule has 0 saturated carbocycles. The fraction of sp³-hybridized carbons (Fsp3) is 0.409. The van der Waals surface area contributed by atoms with Crippen LogP contribution in [-0.2, 0) is 26.0 Å². The van der Waals surface area contributed by atoms with Gasteiger partial charge in [-0.2, -0.15) is 4.31 Å². The second-order valence-corrected chi connectivity index (χ2v) is 10.5. The molecule has 2 aromatic rings. The number of nitro benzene ring substituents is 2. The Kier molecular flexibility index (Phi) is 8.11. The van der Waals surface area contributed by atoms with E-state index in [1.165, 1.54) is 6.92 Å². The van der Waals surface area contributed by atoms with Crippen LogP contribution in [0.3, 0.4) is 0 Å². The number of non-ortho nitro benzene ring substituents is 1. The number of carbonyl (C=O) groups excluding carboxylic acids is 1. The molecule has 0 N–H and O–H groups in total. The zero-order valence-electron chi connectivity index (χ0n) is 19.5. The van der Waals surface area contributed by atoms with E-state index >= 15 is 0 Å². The predicted octanol–water partition coefficient (Wildman–Crippen LogP) is 3.78. The van der Waals surface area contributed by atoms with Gasteiger partial charge in [-0.25, -0.2) is 8.42 Å². The number of carbonyl (C=O) groups is 1. The van der Waals surface area contributed by atoms with Gasteiger partial charge < -0.3 is 4.74 Å². The van der Waals surface area contributed by atoms with Crippen LogP contribution < -0.4 is 0 Å². The van der Waals surface area contributed by atoms with Crippen molar-refractivity contribution in [1.82, 2.24) is 4.31 Å². The molecule has 1 unspecified atom stereocenters. The standard InChI is InChI=1S/C22H27N3O8S/c1-6-23(34(31,32)20-12-11-17(24(27)28)14-18(20)25(29)30)19(21(26)33-22(3,4)5)13-16-9-7-15(2)8-10-16/h7-12,14,19H,6,13H2,1-5H3. The first kappa shape index (κ1) is 26.9. The Balaban J connectivity index is 2.63. The van der Waals surface area contributed by atoms with Crippen LogP contribution in [0.15, 0.2) is 47.4 Å². The van der Waals surface area contributed by atoms with E-state index in [1.807, 2.05) is 19.1 Å². The Morgan fingerprint density at radius 2 is 1.65 bits per heavy atom. The van der Waals surface area contributed by atoms with Crippen molar-refractivity contribution in [2.24, 2.45) is 0 Å². The van der Waals surface area contributed by atoms with Gasteiger partial charge in [-0.3, -0.25) is 25.0 Å². The molecule has 0 aliphatic heterocycles. The quantitative estimate of drug-likeness (QED) is 0.291. The van der Waals surface area contributed by atoms with E-state index in [0.717, 1.165) is 22.0 Å². The Morgan fingerprint density at radius 3 is 2.12 bits per heavy atom. The first-order valence-electron chi connectivity index (χ1n) is 10.4. The van der Waals surface area contributed by atoms with Crippen molar-refractivity contribution in [3.63, 3.8) is 0 Å². The summed E-state index contributed by atoms with van der Waals surface area (Å²) in [7, 11) is -4.63. The van der Waals surface area contributed by atoms with Crippen LogP contribution in [-0.4, -0.2) is 46.7 Å². The second-order valence-electron chi connectivity index (χ2n) is 8.61. The van der Waals surface area contributed by atoms with Gasteiger partial charge in [-0.05, 0) is 45.7 Å². The van der Waals surface area contributed by atoms with E-state index in [1.54, 1.807) is 32.9 Å². The van der Waals surface area contributed by atoms with Gasteiger partial charge in [0.05, 0.1) is 15.9 Å². The Labute approximate surface area is 197 Å². The fourth-order valence-electron chi connectivity index (χ4n) is 3.28. The molecule has 2 rings (SSSR count). The largest absolute Gasteiger partial charge is 0.459 e. The Bertz CT molecular complexity index is 1190. The van der Waals surface area contributed by atoms with Crippen molar-refractivity contribution >= 4 is 27.4 Å². The molecule has 0 aliphatic carbocycles. The van der Waals surface area contributed by atoms with Crippen molar-refractivity contribution < 1.29 is 27.8 Å². The molecule has 0 amide bonds. The highest BCUT2D eigenvalue weighted by Crippen LogP contribution is 2.32. The lowest BCUT2D eigenvalue weighted by atomic mass is 10.0. The predicted molar refractivity (Wildman–Crippen MR) is 124 cm³/mol. The molecule has 0 spiro atoms. The lowest BCUT2D eigenvalue weighted by molar-refractivity contribution is -0.396. The molecule has 34 heavy (non-hydrogen) atoms. The number of rotatable bonds is 9. The number of nitro groups is 2. The molecule has 0 heterocycles. The number of hydrogen-bond donors (Lipinski definition) is 0. The minimum Gasteiger partial charge on any atom is -0.459 e. The summed E-state index contributed by atoms with van der Waals surface area (Å²) in [6.45, 7) is 8.08. The topological polar surface area (TPSA) is 150 Å². The lowest BCUT2D eigenvalue weighted by Crippen LogP contribution is -2.48. The van der Waals surface area contributed by atoms with E-state index in [0.29, 0.717) is 11.6 Å². The highest BCUT2D eigenvalue weighted by Gasteiger charge is 2.40. The third-order valence-corrected chi connectivity index (χ3v) is 6.86. The molecule has 0 fully saturated rings. The van der Waals surface area contributed by atoms with Crippen LogP contribution in [0.2, 0.25) is 0 Å². The minimum atomic E-state index is -4.63. The van der Waals surface area contributed by atoms with Gasteiger partial charge in [0.2, 0.25) is 0 Å². The average Bonchev–Trinajstić information content (AvgIpc) is 2.73. The molecule has 2 aromatic carbocycles. The molecule has 0 radical (unpaired) electrons. The summed E-state index contributed by atoms with van der Waals surface area (Å²) >= 11 is 0. The van der Waals surface area contributed by atoms with E-state index in [-0.39, 0.29) is 13.0 Å². The van der Waals surface area contributed by atoms with Gasteiger partial charge in [-0.15, -0.1) is 0 Å². The van der Waals surface area contributed by atoms with Crippen molar-refractivity contribution in [2.45, 2.75) is 57.6 Å². The molecule has 1 atom stereocenters. The van der Waals surface area contributed by atoms with Gasteiger partial charge in [-0.1, -0.05) is 36.8 Å². The molecule has 11 nitrogen and oxygen atoms in total. The minimum absolute atomic E-state index is 0.0386. The summed E-state index contributed by atoms with van der Waals surface area (Å²) in [4.78, 5) is 33.1. The maximum Gasteiger partial charge on any atom is 0.325 e. The lowest BCUT2D eigenvalue weighted by Gasteiger charge is -2.31. The molecule has 0 saturated heterocycles. The first-order valence-corrected chi connectivity index (χ1v) is 11.8.